The van der Waals surface area contributed by atoms with Gasteiger partial charge in [-0.1, -0.05) is 0 Å². The average molecular weight is 328 g/mol. The minimum absolute atomic E-state index is 0.118. The van der Waals surface area contributed by atoms with Crippen molar-refractivity contribution in [2.75, 3.05) is 18.0 Å². The summed E-state index contributed by atoms with van der Waals surface area (Å²) in [6.07, 6.45) is 6.14. The minimum atomic E-state index is -0.118. The summed E-state index contributed by atoms with van der Waals surface area (Å²) in [6, 6.07) is 0. The van der Waals surface area contributed by atoms with E-state index in [0.29, 0.717) is 18.1 Å². The molecule has 3 aromatic rings. The Morgan fingerprint density at radius 1 is 1.25 bits per heavy atom. The van der Waals surface area contributed by atoms with Gasteiger partial charge in [-0.2, -0.15) is 5.10 Å². The first-order chi connectivity index (χ1) is 11.8. The predicted molar refractivity (Wildman–Crippen MR) is 88.8 cm³/mol. The molecule has 1 aliphatic rings. The highest BCUT2D eigenvalue weighted by Crippen LogP contribution is 2.26. The first-order valence-electron chi connectivity index (χ1n) is 8.29. The lowest BCUT2D eigenvalue weighted by Crippen LogP contribution is -2.35. The largest absolute Gasteiger partial charge is 0.355 e. The molecule has 0 amide bonds. The van der Waals surface area contributed by atoms with E-state index in [4.69, 9.17) is 0 Å². The first-order valence-corrected chi connectivity index (χ1v) is 8.29. The van der Waals surface area contributed by atoms with Crippen LogP contribution in [0.3, 0.4) is 0 Å². The molecule has 126 valence electrons. The minimum Gasteiger partial charge on any atom is -0.355 e. The van der Waals surface area contributed by atoms with Crippen LogP contribution in [0.1, 0.15) is 25.6 Å². The Labute approximate surface area is 138 Å². The summed E-state index contributed by atoms with van der Waals surface area (Å²) in [4.78, 5) is 29.8. The molecule has 4 heterocycles. The molecule has 0 aliphatic carbocycles. The molecule has 9 heteroatoms. The van der Waals surface area contributed by atoms with Gasteiger partial charge in [-0.15, -0.1) is 0 Å². The fourth-order valence-corrected chi connectivity index (χ4v) is 3.43. The van der Waals surface area contributed by atoms with E-state index in [-0.39, 0.29) is 5.69 Å². The maximum Gasteiger partial charge on any atom is 0.343 e. The first kappa shape index (κ1) is 14.9. The highest BCUT2D eigenvalue weighted by molar-refractivity contribution is 5.82. The number of H-pyrrole nitrogens is 2. The third kappa shape index (κ3) is 2.55. The number of fused-ring (bicyclic) bond motifs is 1. The molecular formula is C15H20N8O. The number of imidazole rings is 1. The van der Waals surface area contributed by atoms with Crippen LogP contribution in [-0.4, -0.2) is 47.8 Å². The molecular weight excluding hydrogens is 308 g/mol. The van der Waals surface area contributed by atoms with E-state index in [2.05, 4.69) is 35.0 Å². The molecule has 2 N–H and O–H groups in total. The van der Waals surface area contributed by atoms with Crippen molar-refractivity contribution in [1.29, 1.82) is 0 Å². The topological polar surface area (TPSA) is 108 Å². The zero-order valence-corrected chi connectivity index (χ0v) is 13.6. The third-order valence-electron chi connectivity index (χ3n) is 4.74. The Bertz CT molecular complexity index is 886. The number of piperidine rings is 1. The van der Waals surface area contributed by atoms with Crippen molar-refractivity contribution in [3.05, 3.63) is 29.0 Å². The number of rotatable bonds is 4. The van der Waals surface area contributed by atoms with Crippen molar-refractivity contribution in [3.8, 4) is 0 Å². The summed E-state index contributed by atoms with van der Waals surface area (Å²) in [6.45, 7) is 4.48. The van der Waals surface area contributed by atoms with E-state index in [0.717, 1.165) is 49.5 Å². The second-order valence-corrected chi connectivity index (χ2v) is 6.12. The van der Waals surface area contributed by atoms with E-state index < -0.39 is 0 Å². The van der Waals surface area contributed by atoms with Crippen LogP contribution < -0.4 is 10.6 Å². The molecule has 0 bridgehead atoms. The lowest BCUT2D eigenvalue weighted by atomic mass is 9.93. The van der Waals surface area contributed by atoms with E-state index in [1.807, 2.05) is 6.92 Å². The van der Waals surface area contributed by atoms with Gasteiger partial charge in [0, 0.05) is 26.1 Å². The Hall–Kier alpha value is -2.71. The highest BCUT2D eigenvalue weighted by Gasteiger charge is 2.24. The fourth-order valence-electron chi connectivity index (χ4n) is 3.43. The molecule has 0 radical (unpaired) electrons. The summed E-state index contributed by atoms with van der Waals surface area (Å²) < 4.78 is 1.71. The maximum atomic E-state index is 11.7. The van der Waals surface area contributed by atoms with E-state index in [1.165, 1.54) is 0 Å². The average Bonchev–Trinajstić information content (AvgIpc) is 3.22. The number of hydrogen-bond acceptors (Lipinski definition) is 6. The molecule has 1 fully saturated rings. The lowest BCUT2D eigenvalue weighted by molar-refractivity contribution is 0.390. The summed E-state index contributed by atoms with van der Waals surface area (Å²) >= 11 is 0. The number of aromatic nitrogens is 7. The summed E-state index contributed by atoms with van der Waals surface area (Å²) in [5.41, 5.74) is 1.47. The SMILES string of the molecule is CCn1c(CC2CCN(c3ncnc4nc[nH]c34)CC2)n[nH]c1=O. The van der Waals surface area contributed by atoms with Gasteiger partial charge in [0.2, 0.25) is 0 Å². The van der Waals surface area contributed by atoms with Crippen LogP contribution in [0.2, 0.25) is 0 Å². The third-order valence-corrected chi connectivity index (χ3v) is 4.74. The molecule has 1 aliphatic heterocycles. The molecule has 24 heavy (non-hydrogen) atoms. The van der Waals surface area contributed by atoms with Gasteiger partial charge >= 0.3 is 5.69 Å². The van der Waals surface area contributed by atoms with Crippen molar-refractivity contribution in [3.63, 3.8) is 0 Å². The van der Waals surface area contributed by atoms with E-state index in [1.54, 1.807) is 17.2 Å². The summed E-state index contributed by atoms with van der Waals surface area (Å²) in [7, 11) is 0. The molecule has 0 spiro atoms. The van der Waals surface area contributed by atoms with E-state index >= 15 is 0 Å². The Balaban J connectivity index is 1.45. The van der Waals surface area contributed by atoms with Crippen molar-refractivity contribution in [2.45, 2.75) is 32.7 Å². The van der Waals surface area contributed by atoms with E-state index in [9.17, 15) is 4.79 Å². The monoisotopic (exact) mass is 328 g/mol. The summed E-state index contributed by atoms with van der Waals surface area (Å²) in [5.74, 6) is 2.31. The van der Waals surface area contributed by atoms with Gasteiger partial charge in [-0.3, -0.25) is 4.57 Å². The van der Waals surface area contributed by atoms with Gasteiger partial charge in [0.25, 0.3) is 0 Å². The van der Waals surface area contributed by atoms with Crippen molar-refractivity contribution < 1.29 is 0 Å². The Kier molecular flexibility index (Phi) is 3.75. The molecule has 3 aromatic heterocycles. The molecule has 0 atom stereocenters. The second-order valence-electron chi connectivity index (χ2n) is 6.12. The van der Waals surface area contributed by atoms with Crippen LogP contribution >= 0.6 is 0 Å². The van der Waals surface area contributed by atoms with Crippen molar-refractivity contribution in [2.24, 2.45) is 5.92 Å². The van der Waals surface area contributed by atoms with Gasteiger partial charge in [0.05, 0.1) is 6.33 Å². The van der Waals surface area contributed by atoms with Crippen LogP contribution in [-0.2, 0) is 13.0 Å². The lowest BCUT2D eigenvalue weighted by Gasteiger charge is -2.32. The number of hydrogen-bond donors (Lipinski definition) is 2. The zero-order valence-electron chi connectivity index (χ0n) is 13.6. The maximum absolute atomic E-state index is 11.7. The Morgan fingerprint density at radius 2 is 2.08 bits per heavy atom. The number of nitrogens with one attached hydrogen (secondary N) is 2. The predicted octanol–water partition coefficient (Wildman–Crippen LogP) is 0.717. The van der Waals surface area contributed by atoms with Crippen LogP contribution in [0.5, 0.6) is 0 Å². The molecule has 0 unspecified atom stereocenters. The standard InChI is InChI=1S/C15H20N8O/c1-2-23-11(20-21-15(23)24)7-10-3-5-22(6-4-10)14-12-13(17-8-16-12)18-9-19-14/h8-10H,2-7H2,1H3,(H,21,24)(H,16,17,18,19). The Morgan fingerprint density at radius 3 is 2.88 bits per heavy atom. The van der Waals surface area contributed by atoms with Gasteiger partial charge in [0.1, 0.15) is 17.7 Å². The fraction of sp³-hybridized carbons (Fsp3) is 0.533. The number of nitrogens with zero attached hydrogens (tertiary/aromatic N) is 6. The van der Waals surface area contributed by atoms with Gasteiger partial charge in [-0.25, -0.2) is 24.8 Å². The molecule has 1 saturated heterocycles. The van der Waals surface area contributed by atoms with Crippen molar-refractivity contribution >= 4 is 17.0 Å². The second kappa shape index (κ2) is 6.06. The van der Waals surface area contributed by atoms with Crippen LogP contribution in [0.4, 0.5) is 5.82 Å². The van der Waals surface area contributed by atoms with Crippen LogP contribution in [0, 0.1) is 5.92 Å². The quantitative estimate of drug-likeness (QED) is 0.730. The molecule has 0 saturated carbocycles. The zero-order chi connectivity index (χ0) is 16.5. The molecule has 0 aromatic carbocycles. The number of aromatic amines is 2. The normalized spacial score (nSPS) is 16.1. The number of anilines is 1. The van der Waals surface area contributed by atoms with Crippen LogP contribution in [0.25, 0.3) is 11.2 Å². The van der Waals surface area contributed by atoms with Crippen LogP contribution in [0.15, 0.2) is 17.4 Å². The van der Waals surface area contributed by atoms with Gasteiger partial charge in [0.15, 0.2) is 11.5 Å². The smallest absolute Gasteiger partial charge is 0.343 e. The van der Waals surface area contributed by atoms with Gasteiger partial charge < -0.3 is 9.88 Å². The summed E-state index contributed by atoms with van der Waals surface area (Å²) in [5, 5.41) is 6.72. The molecule has 4 rings (SSSR count). The van der Waals surface area contributed by atoms with Gasteiger partial charge in [-0.05, 0) is 25.7 Å². The highest BCUT2D eigenvalue weighted by atomic mass is 16.1. The molecule has 9 nitrogen and oxygen atoms in total. The van der Waals surface area contributed by atoms with Crippen molar-refractivity contribution in [1.82, 2.24) is 34.7 Å².